The molecule has 0 saturated heterocycles. The minimum absolute atomic E-state index is 0.270. The number of hydrogen-bond acceptors (Lipinski definition) is 6. The second-order valence-electron chi connectivity index (χ2n) is 6.06. The lowest BCUT2D eigenvalue weighted by molar-refractivity contribution is -0.115. The summed E-state index contributed by atoms with van der Waals surface area (Å²) >= 11 is 2.71. The normalized spacial score (nSPS) is 11.9. The summed E-state index contributed by atoms with van der Waals surface area (Å²) in [6.07, 6.45) is 0. The number of carbonyl (C=O) groups excluding carboxylic acids is 1. The summed E-state index contributed by atoms with van der Waals surface area (Å²) < 4.78 is 14.5. The van der Waals surface area contributed by atoms with Gasteiger partial charge in [0.1, 0.15) is 11.1 Å². The third-order valence-corrected chi connectivity index (χ3v) is 6.16. The second kappa shape index (κ2) is 8.46. The van der Waals surface area contributed by atoms with Gasteiger partial charge in [-0.3, -0.25) is 4.79 Å². The molecule has 0 unspecified atom stereocenters. The van der Waals surface area contributed by atoms with E-state index in [9.17, 15) is 9.18 Å². The molecule has 0 fully saturated rings. The maximum atomic E-state index is 13.2. The molecular formula is C20H16FN5OS2. The van der Waals surface area contributed by atoms with Crippen LogP contribution < -0.4 is 11.2 Å². The minimum atomic E-state index is -0.621. The molecule has 4 rings (SSSR count). The number of aromatic nitrogens is 3. The Balaban J connectivity index is 1.61. The number of nitrogens with two attached hydrogens (primary N) is 1. The van der Waals surface area contributed by atoms with Crippen molar-refractivity contribution in [3.05, 3.63) is 83.5 Å². The zero-order chi connectivity index (χ0) is 20.2. The lowest BCUT2D eigenvalue weighted by Gasteiger charge is -2.16. The van der Waals surface area contributed by atoms with Gasteiger partial charge in [-0.25, -0.2) is 9.07 Å². The van der Waals surface area contributed by atoms with Gasteiger partial charge >= 0.3 is 0 Å². The fraction of sp³-hybridized carbons (Fsp3) is 0.0500. The Morgan fingerprint density at radius 1 is 1.07 bits per heavy atom. The molecule has 2 heterocycles. The van der Waals surface area contributed by atoms with Crippen molar-refractivity contribution in [1.29, 1.82) is 0 Å². The van der Waals surface area contributed by atoms with Crippen LogP contribution in [0.15, 0.2) is 77.3 Å². The van der Waals surface area contributed by atoms with Crippen molar-refractivity contribution in [1.82, 2.24) is 14.9 Å². The molecule has 0 radical (unpaired) electrons. The number of rotatable bonds is 6. The van der Waals surface area contributed by atoms with E-state index in [4.69, 9.17) is 5.84 Å². The van der Waals surface area contributed by atoms with Crippen LogP contribution in [-0.2, 0) is 4.79 Å². The second-order valence-corrected chi connectivity index (χ2v) is 8.08. The highest BCUT2D eigenvalue weighted by Gasteiger charge is 2.26. The van der Waals surface area contributed by atoms with Crippen LogP contribution in [0.3, 0.4) is 0 Å². The van der Waals surface area contributed by atoms with Gasteiger partial charge in [0.2, 0.25) is 11.1 Å². The number of anilines is 1. The molecular weight excluding hydrogens is 409 g/mol. The van der Waals surface area contributed by atoms with Crippen LogP contribution in [0.4, 0.5) is 10.1 Å². The molecule has 4 aromatic rings. The number of halogens is 1. The maximum absolute atomic E-state index is 13.2. The van der Waals surface area contributed by atoms with Crippen LogP contribution in [0, 0.1) is 5.82 Å². The zero-order valence-electron chi connectivity index (χ0n) is 15.0. The highest BCUT2D eigenvalue weighted by atomic mass is 32.2. The first kappa shape index (κ1) is 19.2. The number of hydrogen-bond donors (Lipinski definition) is 2. The third kappa shape index (κ3) is 4.30. The average Bonchev–Trinajstić information content (AvgIpc) is 3.38. The highest BCUT2D eigenvalue weighted by Crippen LogP contribution is 2.36. The van der Waals surface area contributed by atoms with E-state index >= 15 is 0 Å². The van der Waals surface area contributed by atoms with E-state index in [0.717, 1.165) is 10.4 Å². The van der Waals surface area contributed by atoms with Crippen LogP contribution in [0.2, 0.25) is 0 Å². The van der Waals surface area contributed by atoms with Gasteiger partial charge in [-0.2, -0.15) is 0 Å². The monoisotopic (exact) mass is 425 g/mol. The van der Waals surface area contributed by atoms with Crippen molar-refractivity contribution in [2.24, 2.45) is 0 Å². The number of carbonyl (C=O) groups is 1. The van der Waals surface area contributed by atoms with Crippen LogP contribution >= 0.6 is 23.1 Å². The highest BCUT2D eigenvalue weighted by molar-refractivity contribution is 8.00. The number of nitrogens with zero attached hydrogens (tertiary/aromatic N) is 3. The van der Waals surface area contributed by atoms with Gasteiger partial charge < -0.3 is 11.2 Å². The Morgan fingerprint density at radius 2 is 1.83 bits per heavy atom. The molecule has 0 spiro atoms. The Labute approximate surface area is 174 Å². The summed E-state index contributed by atoms with van der Waals surface area (Å²) in [5, 5.41) is 12.9. The topological polar surface area (TPSA) is 85.8 Å². The van der Waals surface area contributed by atoms with Gasteiger partial charge in [0.25, 0.3) is 0 Å². The lowest BCUT2D eigenvalue weighted by atomic mass is 10.1. The summed E-state index contributed by atoms with van der Waals surface area (Å²) in [6, 6.07) is 18.8. The van der Waals surface area contributed by atoms with Gasteiger partial charge in [-0.05, 0) is 41.3 Å². The van der Waals surface area contributed by atoms with Crippen molar-refractivity contribution in [3.63, 3.8) is 0 Å². The molecule has 0 aliphatic carbocycles. The van der Waals surface area contributed by atoms with Gasteiger partial charge in [0, 0.05) is 5.69 Å². The molecule has 0 bridgehead atoms. The van der Waals surface area contributed by atoms with Crippen molar-refractivity contribution < 1.29 is 9.18 Å². The van der Waals surface area contributed by atoms with Gasteiger partial charge in [0.05, 0.1) is 4.88 Å². The van der Waals surface area contributed by atoms with Crippen LogP contribution in [-0.4, -0.2) is 20.8 Å². The largest absolute Gasteiger partial charge is 0.335 e. The smallest absolute Gasteiger partial charge is 0.242 e. The Morgan fingerprint density at radius 3 is 2.52 bits per heavy atom. The number of amides is 1. The fourth-order valence-electron chi connectivity index (χ4n) is 2.68. The van der Waals surface area contributed by atoms with E-state index in [0.29, 0.717) is 16.7 Å². The molecule has 0 aliphatic heterocycles. The SMILES string of the molecule is Nn1c(S[C@@H](C(=O)Nc2ccc(F)cc2)c2ccccc2)nnc1-c1cccs1. The molecule has 6 nitrogen and oxygen atoms in total. The molecule has 0 saturated carbocycles. The van der Waals surface area contributed by atoms with Gasteiger partial charge in [0.15, 0.2) is 5.82 Å². The van der Waals surface area contributed by atoms with E-state index in [-0.39, 0.29) is 11.7 Å². The molecule has 1 atom stereocenters. The predicted molar refractivity (Wildman–Crippen MR) is 114 cm³/mol. The molecule has 2 aromatic carbocycles. The predicted octanol–water partition coefficient (Wildman–Crippen LogP) is 4.33. The summed E-state index contributed by atoms with van der Waals surface area (Å²) in [7, 11) is 0. The first-order valence-electron chi connectivity index (χ1n) is 8.64. The number of nitrogens with one attached hydrogen (secondary N) is 1. The average molecular weight is 426 g/mol. The van der Waals surface area contributed by atoms with E-state index in [1.165, 1.54) is 52.0 Å². The fourth-order valence-corrected chi connectivity index (χ4v) is 4.34. The summed E-state index contributed by atoms with van der Waals surface area (Å²) in [5.74, 6) is 6.09. The van der Waals surface area contributed by atoms with Gasteiger partial charge in [-0.1, -0.05) is 48.2 Å². The Kier molecular flexibility index (Phi) is 5.59. The number of nitrogen functional groups attached to an aromatic ring is 1. The molecule has 9 heteroatoms. The zero-order valence-corrected chi connectivity index (χ0v) is 16.7. The number of thiophene rings is 1. The number of benzene rings is 2. The summed E-state index contributed by atoms with van der Waals surface area (Å²) in [6.45, 7) is 0. The molecule has 2 aromatic heterocycles. The molecule has 3 N–H and O–H groups in total. The van der Waals surface area contributed by atoms with Gasteiger partial charge in [-0.15, -0.1) is 21.5 Å². The Bertz CT molecular complexity index is 1100. The van der Waals surface area contributed by atoms with Crippen molar-refractivity contribution in [3.8, 4) is 10.7 Å². The molecule has 146 valence electrons. The van der Waals surface area contributed by atoms with Crippen LogP contribution in [0.1, 0.15) is 10.8 Å². The van der Waals surface area contributed by atoms with E-state index < -0.39 is 5.25 Å². The van der Waals surface area contributed by atoms with Crippen LogP contribution in [0.5, 0.6) is 0 Å². The summed E-state index contributed by atoms with van der Waals surface area (Å²) in [5.41, 5.74) is 1.30. The van der Waals surface area contributed by atoms with Crippen molar-refractivity contribution in [2.45, 2.75) is 10.4 Å². The minimum Gasteiger partial charge on any atom is -0.335 e. The first-order valence-corrected chi connectivity index (χ1v) is 10.4. The van der Waals surface area contributed by atoms with E-state index in [1.54, 1.807) is 0 Å². The van der Waals surface area contributed by atoms with Crippen LogP contribution in [0.25, 0.3) is 10.7 Å². The first-order chi connectivity index (χ1) is 14.1. The van der Waals surface area contributed by atoms with Crippen molar-refractivity contribution >= 4 is 34.7 Å². The number of thioether (sulfide) groups is 1. The Hall–Kier alpha value is -3.17. The lowest BCUT2D eigenvalue weighted by Crippen LogP contribution is -2.20. The third-order valence-electron chi connectivity index (χ3n) is 4.08. The molecule has 29 heavy (non-hydrogen) atoms. The van der Waals surface area contributed by atoms with E-state index in [1.807, 2.05) is 47.8 Å². The van der Waals surface area contributed by atoms with E-state index in [2.05, 4.69) is 15.5 Å². The summed E-state index contributed by atoms with van der Waals surface area (Å²) in [4.78, 5) is 13.9. The molecule has 1 amide bonds. The quantitative estimate of drug-likeness (QED) is 0.355. The molecule has 0 aliphatic rings. The van der Waals surface area contributed by atoms with Crippen molar-refractivity contribution in [2.75, 3.05) is 11.2 Å². The maximum Gasteiger partial charge on any atom is 0.242 e. The standard InChI is InChI=1S/C20H16FN5OS2/c21-14-8-10-15(11-9-14)23-19(27)17(13-5-2-1-3-6-13)29-20-25-24-18(26(20)22)16-7-4-12-28-16/h1-12,17H,22H2,(H,23,27)/t17-/m1/s1.